The van der Waals surface area contributed by atoms with Crippen molar-refractivity contribution in [2.45, 2.75) is 19.8 Å². The molecule has 6 heteroatoms. The van der Waals surface area contributed by atoms with Crippen LogP contribution in [0.5, 0.6) is 5.75 Å². The lowest BCUT2D eigenvalue weighted by molar-refractivity contribution is -0.385. The third-order valence-corrected chi connectivity index (χ3v) is 2.42. The number of rotatable bonds is 8. The van der Waals surface area contributed by atoms with E-state index >= 15 is 0 Å². The third-order valence-electron chi connectivity index (χ3n) is 2.42. The van der Waals surface area contributed by atoms with E-state index in [2.05, 4.69) is 6.92 Å². The number of hydrogen-bond acceptors (Lipinski definition) is 5. The number of ether oxygens (including phenoxy) is 2. The van der Waals surface area contributed by atoms with E-state index < -0.39 is 4.92 Å². The van der Waals surface area contributed by atoms with Crippen LogP contribution in [0.4, 0.5) is 5.69 Å². The summed E-state index contributed by atoms with van der Waals surface area (Å²) < 4.78 is 10.6. The summed E-state index contributed by atoms with van der Waals surface area (Å²) in [6.45, 7) is 3.53. The number of nitro benzene ring substituents is 1. The fourth-order valence-electron chi connectivity index (χ4n) is 1.41. The van der Waals surface area contributed by atoms with Crippen molar-refractivity contribution in [2.75, 3.05) is 19.8 Å². The van der Waals surface area contributed by atoms with E-state index in [9.17, 15) is 10.1 Å². The van der Waals surface area contributed by atoms with Crippen LogP contribution < -0.4 is 4.74 Å². The van der Waals surface area contributed by atoms with E-state index in [1.807, 2.05) is 0 Å². The Kier molecular flexibility index (Phi) is 6.33. The molecule has 0 saturated heterocycles. The molecule has 6 nitrogen and oxygen atoms in total. The molecule has 0 aliphatic heterocycles. The van der Waals surface area contributed by atoms with Gasteiger partial charge in [0.25, 0.3) is 5.69 Å². The van der Waals surface area contributed by atoms with Gasteiger partial charge in [-0.3, -0.25) is 10.1 Å². The Morgan fingerprint density at radius 1 is 1.37 bits per heavy atom. The van der Waals surface area contributed by atoms with Crippen LogP contribution in [0.3, 0.4) is 0 Å². The highest BCUT2D eigenvalue weighted by molar-refractivity contribution is 5.52. The first kappa shape index (κ1) is 14.9. The number of nitro groups is 1. The third kappa shape index (κ3) is 4.94. The van der Waals surface area contributed by atoms with Crippen molar-refractivity contribution in [3.63, 3.8) is 0 Å². The molecule has 1 rings (SSSR count). The first-order valence-corrected chi connectivity index (χ1v) is 6.08. The Bertz CT molecular complexity index is 468. The van der Waals surface area contributed by atoms with E-state index in [0.717, 1.165) is 12.8 Å². The molecule has 0 heterocycles. The van der Waals surface area contributed by atoms with Gasteiger partial charge in [0, 0.05) is 6.61 Å². The summed E-state index contributed by atoms with van der Waals surface area (Å²) in [7, 11) is 0. The average molecular weight is 264 g/mol. The van der Waals surface area contributed by atoms with Crippen LogP contribution in [0, 0.1) is 21.4 Å². The molecule has 0 spiro atoms. The summed E-state index contributed by atoms with van der Waals surface area (Å²) in [6.07, 6.45) is 2.07. The first-order chi connectivity index (χ1) is 9.19. The zero-order valence-corrected chi connectivity index (χ0v) is 10.8. The summed E-state index contributed by atoms with van der Waals surface area (Å²) in [5, 5.41) is 19.5. The molecule has 0 aromatic heterocycles. The minimum absolute atomic E-state index is 0.0246. The zero-order valence-electron chi connectivity index (χ0n) is 10.8. The quantitative estimate of drug-likeness (QED) is 0.409. The smallest absolute Gasteiger partial charge is 0.290 e. The largest absolute Gasteiger partial charge is 0.491 e. The van der Waals surface area contributed by atoms with E-state index in [4.69, 9.17) is 14.7 Å². The molecular formula is C13H16N2O4. The van der Waals surface area contributed by atoms with Gasteiger partial charge in [0.2, 0.25) is 0 Å². The van der Waals surface area contributed by atoms with Gasteiger partial charge in [0.15, 0.2) is 0 Å². The number of benzene rings is 1. The van der Waals surface area contributed by atoms with Crippen molar-refractivity contribution in [2.24, 2.45) is 0 Å². The van der Waals surface area contributed by atoms with Crippen LogP contribution in [0.1, 0.15) is 25.3 Å². The number of nitriles is 1. The maximum atomic E-state index is 10.8. The van der Waals surface area contributed by atoms with Crippen molar-refractivity contribution >= 4 is 5.69 Å². The monoisotopic (exact) mass is 264 g/mol. The summed E-state index contributed by atoms with van der Waals surface area (Å²) in [5.74, 6) is 0.366. The number of unbranched alkanes of at least 4 members (excludes halogenated alkanes) is 1. The maximum Gasteiger partial charge on any atom is 0.290 e. The maximum absolute atomic E-state index is 10.8. The zero-order chi connectivity index (χ0) is 14.1. The predicted octanol–water partition coefficient (Wildman–Crippen LogP) is 2.66. The van der Waals surface area contributed by atoms with Gasteiger partial charge in [-0.25, -0.2) is 0 Å². The molecule has 102 valence electrons. The van der Waals surface area contributed by atoms with Gasteiger partial charge in [-0.1, -0.05) is 13.3 Å². The molecule has 0 atom stereocenters. The molecule has 0 radical (unpaired) electrons. The Morgan fingerprint density at radius 3 is 2.79 bits per heavy atom. The van der Waals surface area contributed by atoms with Crippen LogP contribution in [0.25, 0.3) is 0 Å². The van der Waals surface area contributed by atoms with Gasteiger partial charge in [-0.2, -0.15) is 5.26 Å². The summed E-state index contributed by atoms with van der Waals surface area (Å²) in [4.78, 5) is 10.2. The highest BCUT2D eigenvalue weighted by Crippen LogP contribution is 2.23. The molecule has 1 aromatic carbocycles. The van der Waals surface area contributed by atoms with Gasteiger partial charge in [0.1, 0.15) is 24.0 Å². The lowest BCUT2D eigenvalue weighted by Crippen LogP contribution is -2.07. The molecule has 0 bridgehead atoms. The molecule has 0 aliphatic carbocycles. The van der Waals surface area contributed by atoms with Gasteiger partial charge in [-0.05, 0) is 18.6 Å². The normalized spacial score (nSPS) is 9.89. The minimum Gasteiger partial charge on any atom is -0.491 e. The Balaban J connectivity index is 2.49. The van der Waals surface area contributed by atoms with Crippen LogP contribution in [-0.2, 0) is 4.74 Å². The van der Waals surface area contributed by atoms with E-state index in [0.29, 0.717) is 25.6 Å². The molecular weight excluding hydrogens is 248 g/mol. The standard InChI is InChI=1S/C13H16N2O4/c1-2-3-6-18-7-8-19-12-5-4-11(10-14)13(9-12)15(16)17/h4-5,9H,2-3,6-8H2,1H3. The lowest BCUT2D eigenvalue weighted by Gasteiger charge is -2.07. The minimum atomic E-state index is -0.594. The summed E-state index contributed by atoms with van der Waals surface area (Å²) in [5.41, 5.74) is -0.219. The second-order valence-corrected chi connectivity index (χ2v) is 3.86. The topological polar surface area (TPSA) is 85.4 Å². The van der Waals surface area contributed by atoms with E-state index in [-0.39, 0.29) is 11.3 Å². The average Bonchev–Trinajstić information content (AvgIpc) is 2.42. The Morgan fingerprint density at radius 2 is 2.16 bits per heavy atom. The van der Waals surface area contributed by atoms with Crippen molar-refractivity contribution in [3.05, 3.63) is 33.9 Å². The molecule has 0 N–H and O–H groups in total. The highest BCUT2D eigenvalue weighted by Gasteiger charge is 2.14. The second kappa shape index (κ2) is 8.06. The van der Waals surface area contributed by atoms with Crippen LogP contribution >= 0.6 is 0 Å². The van der Waals surface area contributed by atoms with Gasteiger partial charge in [0.05, 0.1) is 17.6 Å². The molecule has 0 aliphatic rings. The number of hydrogen-bond donors (Lipinski definition) is 0. The summed E-state index contributed by atoms with van der Waals surface area (Å²) in [6, 6.07) is 5.95. The van der Waals surface area contributed by atoms with Crippen LogP contribution in [-0.4, -0.2) is 24.7 Å². The Hall–Kier alpha value is -2.13. The SMILES string of the molecule is CCCCOCCOc1ccc(C#N)c([N+](=O)[O-])c1. The van der Waals surface area contributed by atoms with E-state index in [1.54, 1.807) is 6.07 Å². The van der Waals surface area contributed by atoms with E-state index in [1.165, 1.54) is 18.2 Å². The van der Waals surface area contributed by atoms with Crippen molar-refractivity contribution < 1.29 is 14.4 Å². The molecule has 0 amide bonds. The highest BCUT2D eigenvalue weighted by atomic mass is 16.6. The van der Waals surface area contributed by atoms with Gasteiger partial charge >= 0.3 is 0 Å². The fourth-order valence-corrected chi connectivity index (χ4v) is 1.41. The van der Waals surface area contributed by atoms with Crippen LogP contribution in [0.2, 0.25) is 0 Å². The Labute approximate surface area is 111 Å². The lowest BCUT2D eigenvalue weighted by atomic mass is 10.2. The summed E-state index contributed by atoms with van der Waals surface area (Å²) >= 11 is 0. The van der Waals surface area contributed by atoms with Gasteiger partial charge in [-0.15, -0.1) is 0 Å². The molecule has 1 aromatic rings. The second-order valence-electron chi connectivity index (χ2n) is 3.86. The van der Waals surface area contributed by atoms with Crippen molar-refractivity contribution in [1.29, 1.82) is 5.26 Å². The van der Waals surface area contributed by atoms with Gasteiger partial charge < -0.3 is 9.47 Å². The first-order valence-electron chi connectivity index (χ1n) is 6.08. The molecule has 0 saturated carbocycles. The molecule has 0 fully saturated rings. The fraction of sp³-hybridized carbons (Fsp3) is 0.462. The number of nitrogens with zero attached hydrogens (tertiary/aromatic N) is 2. The van der Waals surface area contributed by atoms with Crippen molar-refractivity contribution in [3.8, 4) is 11.8 Å². The van der Waals surface area contributed by atoms with Crippen LogP contribution in [0.15, 0.2) is 18.2 Å². The van der Waals surface area contributed by atoms with Crippen molar-refractivity contribution in [1.82, 2.24) is 0 Å². The molecule has 0 unspecified atom stereocenters. The molecule has 19 heavy (non-hydrogen) atoms. The predicted molar refractivity (Wildman–Crippen MR) is 69.0 cm³/mol.